The van der Waals surface area contributed by atoms with E-state index in [0.29, 0.717) is 0 Å². The molecule has 0 radical (unpaired) electrons. The average Bonchev–Trinajstić information content (AvgIpc) is 2.88. The second-order valence-electron chi connectivity index (χ2n) is 8.78. The Morgan fingerprint density at radius 2 is 1.00 bits per heavy atom. The Hall–Kier alpha value is -3.16. The molecule has 4 aromatic carbocycles. The molecule has 168 valence electrons. The summed E-state index contributed by atoms with van der Waals surface area (Å²) in [6, 6.07) is 32.0. The van der Waals surface area contributed by atoms with Crippen molar-refractivity contribution in [3.8, 4) is 11.1 Å². The molecule has 4 rings (SSSR count). The van der Waals surface area contributed by atoms with E-state index in [2.05, 4.69) is 119 Å². The van der Waals surface area contributed by atoms with E-state index in [1.54, 1.807) is 0 Å². The molecule has 0 aliphatic heterocycles. The molecule has 0 aliphatic carbocycles. The van der Waals surface area contributed by atoms with Gasteiger partial charge in [0.05, 0.1) is 5.54 Å². The first-order chi connectivity index (χ1) is 16.1. The summed E-state index contributed by atoms with van der Waals surface area (Å²) in [4.78, 5) is 0. The highest BCUT2D eigenvalue weighted by atomic mass is 14.8. The van der Waals surface area contributed by atoms with Crippen LogP contribution in [0.2, 0.25) is 0 Å². The molecule has 0 spiro atoms. The van der Waals surface area contributed by atoms with Crippen LogP contribution in [0.25, 0.3) is 11.1 Å². The Balaban J connectivity index is 2.23. The van der Waals surface area contributed by atoms with Gasteiger partial charge < -0.3 is 5.73 Å². The molecule has 0 bridgehead atoms. The monoisotopic (exact) mass is 433 g/mol. The Bertz CT molecular complexity index is 1170. The molecule has 0 saturated carbocycles. The summed E-state index contributed by atoms with van der Waals surface area (Å²) in [5.41, 5.74) is 18.6. The molecule has 0 aliphatic rings. The molecular weight excluding hydrogens is 398 g/mol. The lowest BCUT2D eigenvalue weighted by Crippen LogP contribution is -2.41. The van der Waals surface area contributed by atoms with Crippen LogP contribution in [0.4, 0.5) is 0 Å². The maximum absolute atomic E-state index is 7.64. The van der Waals surface area contributed by atoms with Gasteiger partial charge in [0.1, 0.15) is 0 Å². The van der Waals surface area contributed by atoms with Crippen LogP contribution in [0.15, 0.2) is 91.0 Å². The largest absolute Gasteiger partial charge is 0.314 e. The SMILES string of the molecule is CCc1c(C)c(C(N)(c2ccccc2)c2ccccc2)c(-c2ccccc2)c(CC)c1CC. The summed E-state index contributed by atoms with van der Waals surface area (Å²) in [6.45, 7) is 9.12. The molecule has 0 saturated heterocycles. The van der Waals surface area contributed by atoms with Crippen molar-refractivity contribution < 1.29 is 0 Å². The lowest BCUT2D eigenvalue weighted by atomic mass is 9.69. The average molecular weight is 434 g/mol. The van der Waals surface area contributed by atoms with Gasteiger partial charge in [-0.05, 0) is 76.3 Å². The summed E-state index contributed by atoms with van der Waals surface area (Å²) in [6.07, 6.45) is 3.01. The first-order valence-corrected chi connectivity index (χ1v) is 12.2. The topological polar surface area (TPSA) is 26.0 Å². The van der Waals surface area contributed by atoms with Gasteiger partial charge in [0.2, 0.25) is 0 Å². The summed E-state index contributed by atoms with van der Waals surface area (Å²) in [5, 5.41) is 0. The highest BCUT2D eigenvalue weighted by molar-refractivity contribution is 5.79. The zero-order valence-electron chi connectivity index (χ0n) is 20.4. The predicted molar refractivity (Wildman–Crippen MR) is 142 cm³/mol. The van der Waals surface area contributed by atoms with Crippen molar-refractivity contribution in [2.45, 2.75) is 52.5 Å². The van der Waals surface area contributed by atoms with Crippen LogP contribution in [-0.2, 0) is 24.8 Å². The summed E-state index contributed by atoms with van der Waals surface area (Å²) < 4.78 is 0. The summed E-state index contributed by atoms with van der Waals surface area (Å²) in [7, 11) is 0. The number of rotatable bonds is 7. The van der Waals surface area contributed by atoms with Gasteiger partial charge in [-0.3, -0.25) is 0 Å². The number of hydrogen-bond acceptors (Lipinski definition) is 1. The highest BCUT2D eigenvalue weighted by Crippen LogP contribution is 2.46. The van der Waals surface area contributed by atoms with Gasteiger partial charge >= 0.3 is 0 Å². The van der Waals surface area contributed by atoms with Crippen LogP contribution in [0, 0.1) is 6.92 Å². The van der Waals surface area contributed by atoms with Crippen molar-refractivity contribution >= 4 is 0 Å². The van der Waals surface area contributed by atoms with E-state index < -0.39 is 5.54 Å². The molecule has 4 aromatic rings. The van der Waals surface area contributed by atoms with Gasteiger partial charge in [-0.25, -0.2) is 0 Å². The van der Waals surface area contributed by atoms with Gasteiger partial charge in [-0.2, -0.15) is 0 Å². The Labute approximate surface area is 199 Å². The molecule has 0 heterocycles. The quantitative estimate of drug-likeness (QED) is 0.298. The molecule has 1 heteroatoms. The first kappa shape index (κ1) is 23.0. The third-order valence-electron chi connectivity index (χ3n) is 7.08. The number of benzene rings is 4. The maximum Gasteiger partial charge on any atom is 0.0931 e. The minimum absolute atomic E-state index is 0.766. The molecule has 1 nitrogen and oxygen atoms in total. The highest BCUT2D eigenvalue weighted by Gasteiger charge is 2.37. The third kappa shape index (κ3) is 3.92. The van der Waals surface area contributed by atoms with Crippen LogP contribution in [0.5, 0.6) is 0 Å². The van der Waals surface area contributed by atoms with Crippen molar-refractivity contribution in [1.29, 1.82) is 0 Å². The van der Waals surface area contributed by atoms with E-state index in [4.69, 9.17) is 5.73 Å². The molecule has 0 unspecified atom stereocenters. The molecule has 0 atom stereocenters. The summed E-state index contributed by atoms with van der Waals surface area (Å²) in [5.74, 6) is 0. The molecule has 33 heavy (non-hydrogen) atoms. The maximum atomic E-state index is 7.64. The Kier molecular flexibility index (Phi) is 6.81. The smallest absolute Gasteiger partial charge is 0.0931 e. The zero-order valence-corrected chi connectivity index (χ0v) is 20.4. The Morgan fingerprint density at radius 3 is 1.42 bits per heavy atom. The van der Waals surface area contributed by atoms with Gasteiger partial charge in [-0.15, -0.1) is 0 Å². The fourth-order valence-corrected chi connectivity index (χ4v) is 5.62. The zero-order chi connectivity index (χ0) is 23.4. The van der Waals surface area contributed by atoms with E-state index in [-0.39, 0.29) is 0 Å². The van der Waals surface area contributed by atoms with Crippen LogP contribution in [0.3, 0.4) is 0 Å². The first-order valence-electron chi connectivity index (χ1n) is 12.2. The van der Waals surface area contributed by atoms with Crippen LogP contribution in [0.1, 0.15) is 59.7 Å². The van der Waals surface area contributed by atoms with E-state index in [1.807, 2.05) is 0 Å². The number of hydrogen-bond donors (Lipinski definition) is 1. The second kappa shape index (κ2) is 9.77. The van der Waals surface area contributed by atoms with Crippen molar-refractivity contribution in [2.75, 3.05) is 0 Å². The second-order valence-corrected chi connectivity index (χ2v) is 8.78. The fourth-order valence-electron chi connectivity index (χ4n) is 5.62. The van der Waals surface area contributed by atoms with Crippen molar-refractivity contribution in [2.24, 2.45) is 5.73 Å². The van der Waals surface area contributed by atoms with Gasteiger partial charge in [0.15, 0.2) is 0 Å². The molecule has 2 N–H and O–H groups in total. The minimum atomic E-state index is -0.766. The molecule has 0 aromatic heterocycles. The lowest BCUT2D eigenvalue weighted by molar-refractivity contribution is 0.646. The number of nitrogens with two attached hydrogens (primary N) is 1. The van der Waals surface area contributed by atoms with Crippen molar-refractivity contribution in [1.82, 2.24) is 0 Å². The van der Waals surface area contributed by atoms with Gasteiger partial charge in [0.25, 0.3) is 0 Å². The molecular formula is C32H35N. The molecule has 0 amide bonds. The Morgan fingerprint density at radius 1 is 0.576 bits per heavy atom. The van der Waals surface area contributed by atoms with Crippen LogP contribution < -0.4 is 5.73 Å². The van der Waals surface area contributed by atoms with E-state index in [0.717, 1.165) is 30.4 Å². The van der Waals surface area contributed by atoms with Crippen LogP contribution in [-0.4, -0.2) is 0 Å². The van der Waals surface area contributed by atoms with Crippen molar-refractivity contribution in [3.05, 3.63) is 130 Å². The van der Waals surface area contributed by atoms with Gasteiger partial charge in [0, 0.05) is 0 Å². The van der Waals surface area contributed by atoms with E-state index in [9.17, 15) is 0 Å². The van der Waals surface area contributed by atoms with Crippen LogP contribution >= 0.6 is 0 Å². The summed E-state index contributed by atoms with van der Waals surface area (Å²) >= 11 is 0. The standard InChI is InChI=1S/C32H35N/c1-5-27-23(4)31(30(24-17-11-8-12-18-24)29(7-3)28(27)6-2)32(33,25-19-13-9-14-20-25)26-21-15-10-16-22-26/h8-22H,5-7,33H2,1-4H3. The normalized spacial score (nSPS) is 11.5. The third-order valence-corrected chi connectivity index (χ3v) is 7.08. The molecule has 0 fully saturated rings. The van der Waals surface area contributed by atoms with E-state index in [1.165, 1.54) is 38.9 Å². The predicted octanol–water partition coefficient (Wildman–Crippen LogP) is 7.60. The van der Waals surface area contributed by atoms with E-state index >= 15 is 0 Å². The van der Waals surface area contributed by atoms with Gasteiger partial charge in [-0.1, -0.05) is 112 Å². The van der Waals surface area contributed by atoms with Crippen molar-refractivity contribution in [3.63, 3.8) is 0 Å². The fraction of sp³-hybridized carbons (Fsp3) is 0.250. The minimum Gasteiger partial charge on any atom is -0.314 e. The lowest BCUT2D eigenvalue weighted by Gasteiger charge is -2.37.